The number of fused-ring (bicyclic) bond motifs is 1. The molecule has 3 aromatic rings. The Hall–Kier alpha value is -2.80. The number of hydrogen-bond acceptors (Lipinski definition) is 5. The Balaban J connectivity index is 1.28. The molecule has 29 heavy (non-hydrogen) atoms. The molecular weight excluding hydrogens is 364 g/mol. The number of rotatable bonds is 7. The summed E-state index contributed by atoms with van der Waals surface area (Å²) in [5.74, 6) is 0.644. The summed E-state index contributed by atoms with van der Waals surface area (Å²) in [6, 6.07) is 8.57. The van der Waals surface area contributed by atoms with E-state index in [9.17, 15) is 4.79 Å². The first kappa shape index (κ1) is 19.5. The maximum Gasteiger partial charge on any atom is 0.252 e. The Morgan fingerprint density at radius 1 is 1.10 bits per heavy atom. The highest BCUT2D eigenvalue weighted by Gasteiger charge is 2.13. The van der Waals surface area contributed by atoms with Crippen molar-refractivity contribution in [3.05, 3.63) is 58.7 Å². The first-order valence-corrected chi connectivity index (χ1v) is 10.3. The van der Waals surface area contributed by atoms with Gasteiger partial charge >= 0.3 is 0 Å². The number of aromatic nitrogens is 4. The van der Waals surface area contributed by atoms with E-state index in [1.807, 2.05) is 13.8 Å². The second-order valence-corrected chi connectivity index (χ2v) is 7.81. The van der Waals surface area contributed by atoms with E-state index in [1.165, 1.54) is 37.8 Å². The van der Waals surface area contributed by atoms with Gasteiger partial charge in [-0.05, 0) is 62.9 Å². The summed E-state index contributed by atoms with van der Waals surface area (Å²) < 4.78 is 1.73. The monoisotopic (exact) mass is 392 g/mol. The third kappa shape index (κ3) is 4.62. The normalized spacial score (nSPS) is 14.6. The lowest BCUT2D eigenvalue weighted by Crippen LogP contribution is -2.23. The van der Waals surface area contributed by atoms with Crippen LogP contribution < -0.4 is 5.32 Å². The maximum absolute atomic E-state index is 12.3. The summed E-state index contributed by atoms with van der Waals surface area (Å²) in [6.45, 7) is 7.94. The fourth-order valence-corrected chi connectivity index (χ4v) is 4.01. The molecule has 1 aliphatic rings. The van der Waals surface area contributed by atoms with Gasteiger partial charge in [-0.25, -0.2) is 9.50 Å². The highest BCUT2D eigenvalue weighted by Crippen LogP contribution is 2.15. The summed E-state index contributed by atoms with van der Waals surface area (Å²) in [5, 5.41) is 7.23. The summed E-state index contributed by atoms with van der Waals surface area (Å²) in [7, 11) is 0. The molecule has 1 N–H and O–H groups in total. The molecule has 0 aliphatic carbocycles. The van der Waals surface area contributed by atoms with Gasteiger partial charge in [-0.2, -0.15) is 10.1 Å². The number of amides is 1. The van der Waals surface area contributed by atoms with Crippen molar-refractivity contribution in [1.82, 2.24) is 29.8 Å². The highest BCUT2D eigenvalue weighted by atomic mass is 16.1. The first-order chi connectivity index (χ1) is 14.1. The van der Waals surface area contributed by atoms with Crippen LogP contribution in [-0.2, 0) is 24.3 Å². The van der Waals surface area contributed by atoms with Gasteiger partial charge in [-0.15, -0.1) is 0 Å². The summed E-state index contributed by atoms with van der Waals surface area (Å²) >= 11 is 0. The van der Waals surface area contributed by atoms with Crippen LogP contribution in [0.25, 0.3) is 5.78 Å². The Labute approximate surface area is 171 Å². The van der Waals surface area contributed by atoms with Gasteiger partial charge in [0.1, 0.15) is 6.33 Å². The molecule has 0 saturated carbocycles. The number of benzene rings is 1. The SMILES string of the molecule is Cc1nc2ncnn2c(C)c1CCC(=O)NCc1ccc(CN2CCCC2)cc1. The average molecular weight is 393 g/mol. The van der Waals surface area contributed by atoms with Gasteiger partial charge in [0.2, 0.25) is 5.91 Å². The number of aryl methyl sites for hydroxylation is 2. The van der Waals surface area contributed by atoms with Crippen LogP contribution in [0.4, 0.5) is 0 Å². The molecule has 7 nitrogen and oxygen atoms in total. The third-order valence-electron chi connectivity index (χ3n) is 5.71. The minimum atomic E-state index is 0.0450. The van der Waals surface area contributed by atoms with Crippen LogP contribution in [0.5, 0.6) is 0 Å². The smallest absolute Gasteiger partial charge is 0.252 e. The molecule has 0 radical (unpaired) electrons. The number of carbonyl (C=O) groups excluding carboxylic acids is 1. The molecule has 1 saturated heterocycles. The molecule has 0 atom stereocenters. The zero-order valence-corrected chi connectivity index (χ0v) is 17.2. The molecule has 0 spiro atoms. The zero-order valence-electron chi connectivity index (χ0n) is 17.2. The zero-order chi connectivity index (χ0) is 20.2. The lowest BCUT2D eigenvalue weighted by atomic mass is 10.1. The average Bonchev–Trinajstić information content (AvgIpc) is 3.39. The summed E-state index contributed by atoms with van der Waals surface area (Å²) in [5.41, 5.74) is 5.42. The second kappa shape index (κ2) is 8.69. The van der Waals surface area contributed by atoms with Crippen LogP contribution in [-0.4, -0.2) is 43.5 Å². The lowest BCUT2D eigenvalue weighted by molar-refractivity contribution is -0.121. The minimum Gasteiger partial charge on any atom is -0.352 e. The van der Waals surface area contributed by atoms with Crippen LogP contribution in [0.1, 0.15) is 47.3 Å². The van der Waals surface area contributed by atoms with E-state index in [2.05, 4.69) is 49.5 Å². The molecule has 3 heterocycles. The minimum absolute atomic E-state index is 0.0450. The summed E-state index contributed by atoms with van der Waals surface area (Å²) in [6.07, 6.45) is 5.19. The van der Waals surface area contributed by atoms with E-state index >= 15 is 0 Å². The number of carbonyl (C=O) groups is 1. The Kier molecular flexibility index (Phi) is 5.85. The molecular formula is C22H28N6O. The van der Waals surface area contributed by atoms with Crippen molar-refractivity contribution in [2.45, 2.75) is 52.6 Å². The van der Waals surface area contributed by atoms with E-state index in [0.29, 0.717) is 25.2 Å². The van der Waals surface area contributed by atoms with Crippen LogP contribution in [0, 0.1) is 13.8 Å². The fraction of sp³-hybridized carbons (Fsp3) is 0.455. The van der Waals surface area contributed by atoms with Crippen molar-refractivity contribution in [3.63, 3.8) is 0 Å². The Bertz CT molecular complexity index is 988. The fourth-order valence-electron chi connectivity index (χ4n) is 4.01. The molecule has 1 aliphatic heterocycles. The van der Waals surface area contributed by atoms with Gasteiger partial charge in [0.25, 0.3) is 5.78 Å². The van der Waals surface area contributed by atoms with Crippen molar-refractivity contribution in [3.8, 4) is 0 Å². The van der Waals surface area contributed by atoms with Gasteiger partial charge in [-0.1, -0.05) is 24.3 Å². The Morgan fingerprint density at radius 3 is 2.59 bits per heavy atom. The number of nitrogens with one attached hydrogen (secondary N) is 1. The van der Waals surface area contributed by atoms with E-state index in [4.69, 9.17) is 0 Å². The topological polar surface area (TPSA) is 75.4 Å². The largest absolute Gasteiger partial charge is 0.352 e. The molecule has 1 aromatic carbocycles. The van der Waals surface area contributed by atoms with E-state index in [-0.39, 0.29) is 5.91 Å². The van der Waals surface area contributed by atoms with Crippen molar-refractivity contribution in [2.24, 2.45) is 0 Å². The molecule has 0 bridgehead atoms. The second-order valence-electron chi connectivity index (χ2n) is 7.81. The first-order valence-electron chi connectivity index (χ1n) is 10.3. The Morgan fingerprint density at radius 2 is 1.83 bits per heavy atom. The van der Waals surface area contributed by atoms with Gasteiger partial charge in [0.15, 0.2) is 0 Å². The molecule has 0 unspecified atom stereocenters. The van der Waals surface area contributed by atoms with Crippen LogP contribution in [0.2, 0.25) is 0 Å². The van der Waals surface area contributed by atoms with E-state index in [0.717, 1.165) is 29.1 Å². The molecule has 2 aromatic heterocycles. The van der Waals surface area contributed by atoms with Gasteiger partial charge in [0, 0.05) is 30.9 Å². The van der Waals surface area contributed by atoms with E-state index in [1.54, 1.807) is 4.52 Å². The highest BCUT2D eigenvalue weighted by molar-refractivity contribution is 5.76. The molecule has 152 valence electrons. The standard InChI is InChI=1S/C22H28N6O/c1-16-20(17(2)28-22(26-16)24-15-25-28)9-10-21(29)23-13-18-5-7-19(8-6-18)14-27-11-3-4-12-27/h5-8,15H,3-4,9-14H2,1-2H3,(H,23,29). The number of nitrogens with zero attached hydrogens (tertiary/aromatic N) is 5. The quantitative estimate of drug-likeness (QED) is 0.669. The predicted molar refractivity (Wildman–Crippen MR) is 111 cm³/mol. The maximum atomic E-state index is 12.3. The van der Waals surface area contributed by atoms with E-state index < -0.39 is 0 Å². The van der Waals surface area contributed by atoms with Crippen molar-refractivity contribution < 1.29 is 4.79 Å². The van der Waals surface area contributed by atoms with Crippen molar-refractivity contribution >= 4 is 11.7 Å². The third-order valence-corrected chi connectivity index (χ3v) is 5.71. The van der Waals surface area contributed by atoms with Gasteiger partial charge in [0.05, 0.1) is 0 Å². The van der Waals surface area contributed by atoms with Gasteiger partial charge < -0.3 is 5.32 Å². The lowest BCUT2D eigenvalue weighted by Gasteiger charge is -2.14. The molecule has 1 amide bonds. The molecule has 1 fully saturated rings. The van der Waals surface area contributed by atoms with Crippen molar-refractivity contribution in [1.29, 1.82) is 0 Å². The van der Waals surface area contributed by atoms with Crippen LogP contribution >= 0.6 is 0 Å². The summed E-state index contributed by atoms with van der Waals surface area (Å²) in [4.78, 5) is 23.4. The van der Waals surface area contributed by atoms with Crippen LogP contribution in [0.3, 0.4) is 0 Å². The molecule has 4 rings (SSSR count). The molecule has 7 heteroatoms. The van der Waals surface area contributed by atoms with Crippen molar-refractivity contribution in [2.75, 3.05) is 13.1 Å². The number of likely N-dealkylation sites (tertiary alicyclic amines) is 1. The number of hydrogen-bond donors (Lipinski definition) is 1. The predicted octanol–water partition coefficient (Wildman–Crippen LogP) is 2.59. The van der Waals surface area contributed by atoms with Crippen LogP contribution in [0.15, 0.2) is 30.6 Å². The van der Waals surface area contributed by atoms with Gasteiger partial charge in [-0.3, -0.25) is 9.69 Å².